The van der Waals surface area contributed by atoms with Crippen molar-refractivity contribution in [2.45, 2.75) is 63.3 Å². The Hall–Kier alpha value is -3.33. The van der Waals surface area contributed by atoms with Crippen LogP contribution in [0.1, 0.15) is 55.2 Å². The molecule has 0 bridgehead atoms. The van der Waals surface area contributed by atoms with Crippen LogP contribution in [-0.2, 0) is 33.0 Å². The smallest absolute Gasteiger partial charge is 0.343 e. The number of halogens is 1. The van der Waals surface area contributed by atoms with Crippen LogP contribution < -0.4 is 9.64 Å². The van der Waals surface area contributed by atoms with Crippen molar-refractivity contribution >= 4 is 29.2 Å². The maximum Gasteiger partial charge on any atom is 0.343 e. The van der Waals surface area contributed by atoms with Gasteiger partial charge in [-0.25, -0.2) is 4.79 Å². The maximum atomic E-state index is 13.1. The van der Waals surface area contributed by atoms with Crippen LogP contribution in [0, 0.1) is 11.8 Å². The zero-order valence-corrected chi connectivity index (χ0v) is 26.6. The summed E-state index contributed by atoms with van der Waals surface area (Å²) in [6.45, 7) is 9.58. The van der Waals surface area contributed by atoms with Gasteiger partial charge in [0, 0.05) is 31.7 Å². The minimum atomic E-state index is -2.21. The fourth-order valence-corrected chi connectivity index (χ4v) is 6.34. The fraction of sp³-hybridized carbons (Fsp3) is 0.486. The van der Waals surface area contributed by atoms with E-state index in [1.165, 1.54) is 12.0 Å². The molecule has 2 aliphatic rings. The van der Waals surface area contributed by atoms with Crippen LogP contribution in [-0.4, -0.2) is 66.9 Å². The van der Waals surface area contributed by atoms with Crippen molar-refractivity contribution in [3.8, 4) is 5.75 Å². The Bertz CT molecular complexity index is 1350. The summed E-state index contributed by atoms with van der Waals surface area (Å²) in [7, 11) is 2.83. The van der Waals surface area contributed by atoms with Gasteiger partial charge in [0.25, 0.3) is 0 Å². The Morgan fingerprint density at radius 2 is 2.00 bits per heavy atom. The van der Waals surface area contributed by atoms with Gasteiger partial charge in [-0.1, -0.05) is 35.9 Å². The lowest BCUT2D eigenvalue weighted by molar-refractivity contribution is -0.168. The van der Waals surface area contributed by atoms with Crippen molar-refractivity contribution in [3.05, 3.63) is 83.4 Å². The molecule has 4 atom stereocenters. The first-order chi connectivity index (χ1) is 21.1. The van der Waals surface area contributed by atoms with Gasteiger partial charge in [-0.2, -0.15) is 0 Å². The summed E-state index contributed by atoms with van der Waals surface area (Å²) in [6, 6.07) is 11.0. The number of ether oxygens (including phenoxy) is 2. The van der Waals surface area contributed by atoms with Gasteiger partial charge in [0.05, 0.1) is 25.3 Å². The monoisotopic (exact) mass is 624 g/mol. The molecule has 1 unspecified atom stereocenters. The molecular formula is C35H45ClN2O6. The SMILES string of the molecule is C=CCCN(C)C(=O)CC(O)(C(=O)OC)c1ccc2c(c1)N(C[C@@H]1CC[C@H]1[C@@H](O)C=C)CCCCc1cc(Cl)ccc1CO2. The molecule has 0 radical (unpaired) electrons. The molecule has 0 aromatic heterocycles. The summed E-state index contributed by atoms with van der Waals surface area (Å²) in [5.41, 5.74) is 0.957. The van der Waals surface area contributed by atoms with Crippen LogP contribution >= 0.6 is 11.6 Å². The predicted octanol–water partition coefficient (Wildman–Crippen LogP) is 5.42. The minimum Gasteiger partial charge on any atom is -0.487 e. The van der Waals surface area contributed by atoms with E-state index < -0.39 is 30.0 Å². The van der Waals surface area contributed by atoms with E-state index in [-0.39, 0.29) is 17.4 Å². The molecule has 44 heavy (non-hydrogen) atoms. The quantitative estimate of drug-likeness (QED) is 0.254. The van der Waals surface area contributed by atoms with Crippen molar-refractivity contribution < 1.29 is 29.3 Å². The van der Waals surface area contributed by atoms with E-state index in [1.54, 1.807) is 37.4 Å². The molecular weight excluding hydrogens is 580 g/mol. The third-order valence-corrected chi connectivity index (χ3v) is 9.32. The number of amides is 1. The molecule has 4 rings (SSSR count). The van der Waals surface area contributed by atoms with Crippen LogP contribution in [0.3, 0.4) is 0 Å². The molecule has 2 aromatic rings. The van der Waals surface area contributed by atoms with Gasteiger partial charge in [0.15, 0.2) is 5.60 Å². The van der Waals surface area contributed by atoms with Crippen LogP contribution in [0.2, 0.25) is 5.02 Å². The molecule has 0 spiro atoms. The number of aliphatic hydroxyl groups is 2. The fourth-order valence-electron chi connectivity index (χ4n) is 6.15. The van der Waals surface area contributed by atoms with Crippen molar-refractivity contribution in [1.82, 2.24) is 4.90 Å². The molecule has 1 fully saturated rings. The average Bonchev–Trinajstić information content (AvgIpc) is 3.04. The molecule has 2 aromatic carbocycles. The summed E-state index contributed by atoms with van der Waals surface area (Å²) in [5.74, 6) is -0.361. The van der Waals surface area contributed by atoms with Gasteiger partial charge in [-0.3, -0.25) is 4.79 Å². The lowest BCUT2D eigenvalue weighted by Crippen LogP contribution is -2.44. The number of anilines is 1. The van der Waals surface area contributed by atoms with Gasteiger partial charge in [-0.05, 0) is 91.3 Å². The molecule has 238 valence electrons. The highest BCUT2D eigenvalue weighted by Gasteiger charge is 2.43. The standard InChI is InChI=1S/C35H45ClN2O6/c1-5-7-17-37(3)33(40)21-35(42,34(41)43-4)27-13-16-32-30(20-27)38(22-25-12-15-29(25)31(39)6-2)18-9-8-10-24-19-28(36)14-11-26(24)23-44-32/h5-6,11,13-14,16,19-20,25,29,31,39,42H,1-2,7-10,12,15,17-18,21-23H2,3-4H3/t25-,29+,31-,35?/m0/s1. The number of hydrogen-bond donors (Lipinski definition) is 2. The van der Waals surface area contributed by atoms with Gasteiger partial charge < -0.3 is 29.5 Å². The number of hydrogen-bond acceptors (Lipinski definition) is 7. The Kier molecular flexibility index (Phi) is 11.5. The Labute approximate surface area is 265 Å². The molecule has 2 N–H and O–H groups in total. The first-order valence-corrected chi connectivity index (χ1v) is 15.7. The van der Waals surface area contributed by atoms with Crippen LogP contribution in [0.5, 0.6) is 5.75 Å². The van der Waals surface area contributed by atoms with E-state index in [0.29, 0.717) is 49.1 Å². The molecule has 1 saturated carbocycles. The third kappa shape index (κ3) is 7.65. The van der Waals surface area contributed by atoms with Crippen molar-refractivity contribution in [2.75, 3.05) is 38.7 Å². The highest BCUT2D eigenvalue weighted by Crippen LogP contribution is 2.42. The normalized spacial score (nSPS) is 20.2. The summed E-state index contributed by atoms with van der Waals surface area (Å²) < 4.78 is 11.5. The highest BCUT2D eigenvalue weighted by molar-refractivity contribution is 6.30. The number of methoxy groups -OCH3 is 1. The first kappa shape index (κ1) is 33.6. The minimum absolute atomic E-state index is 0.111. The molecule has 1 aliphatic carbocycles. The van der Waals surface area contributed by atoms with Crippen molar-refractivity contribution in [1.29, 1.82) is 0 Å². The molecule has 1 aliphatic heterocycles. The number of aryl methyl sites for hydroxylation is 1. The summed E-state index contributed by atoms with van der Waals surface area (Å²) in [5, 5.41) is 23.1. The van der Waals surface area contributed by atoms with E-state index in [4.69, 9.17) is 21.1 Å². The van der Waals surface area contributed by atoms with Gasteiger partial charge in [-0.15, -0.1) is 13.2 Å². The summed E-state index contributed by atoms with van der Waals surface area (Å²) in [6.07, 6.45) is 7.41. The van der Waals surface area contributed by atoms with E-state index in [9.17, 15) is 19.8 Å². The van der Waals surface area contributed by atoms with Gasteiger partial charge >= 0.3 is 5.97 Å². The number of carbonyl (C=O) groups excluding carboxylic acids is 2. The highest BCUT2D eigenvalue weighted by atomic mass is 35.5. The van der Waals surface area contributed by atoms with Crippen molar-refractivity contribution in [3.63, 3.8) is 0 Å². The zero-order chi connectivity index (χ0) is 31.9. The average molecular weight is 625 g/mol. The molecule has 0 saturated heterocycles. The van der Waals surface area contributed by atoms with E-state index >= 15 is 0 Å². The lowest BCUT2D eigenvalue weighted by atomic mass is 9.70. The molecule has 1 amide bonds. The summed E-state index contributed by atoms with van der Waals surface area (Å²) in [4.78, 5) is 30.0. The Morgan fingerprint density at radius 3 is 2.68 bits per heavy atom. The van der Waals surface area contributed by atoms with Crippen molar-refractivity contribution in [2.24, 2.45) is 11.8 Å². The topological polar surface area (TPSA) is 99.5 Å². The van der Waals surface area contributed by atoms with E-state index in [0.717, 1.165) is 43.2 Å². The van der Waals surface area contributed by atoms with Gasteiger partial charge in [0.2, 0.25) is 5.91 Å². The second-order valence-electron chi connectivity index (χ2n) is 11.9. The van der Waals surface area contributed by atoms with Crippen LogP contribution in [0.25, 0.3) is 0 Å². The second-order valence-corrected chi connectivity index (χ2v) is 12.4. The predicted molar refractivity (Wildman–Crippen MR) is 173 cm³/mol. The number of carbonyl (C=O) groups is 2. The second kappa shape index (κ2) is 15.1. The number of nitrogens with zero attached hydrogens (tertiary/aromatic N) is 2. The number of rotatable bonds is 11. The number of esters is 1. The van der Waals surface area contributed by atoms with Gasteiger partial charge in [0.1, 0.15) is 12.4 Å². The maximum absolute atomic E-state index is 13.1. The van der Waals surface area contributed by atoms with Crippen LogP contribution in [0.15, 0.2) is 61.7 Å². The molecule has 8 nitrogen and oxygen atoms in total. The Morgan fingerprint density at radius 1 is 1.20 bits per heavy atom. The number of benzene rings is 2. The largest absolute Gasteiger partial charge is 0.487 e. The first-order valence-electron chi connectivity index (χ1n) is 15.4. The van der Waals surface area contributed by atoms with E-state index in [1.807, 2.05) is 18.2 Å². The summed E-state index contributed by atoms with van der Waals surface area (Å²) >= 11 is 6.32. The third-order valence-electron chi connectivity index (χ3n) is 9.09. The number of fused-ring (bicyclic) bond motifs is 2. The number of aliphatic hydroxyl groups excluding tert-OH is 1. The zero-order valence-electron chi connectivity index (χ0n) is 25.8. The molecule has 1 heterocycles. The lowest BCUT2D eigenvalue weighted by Gasteiger charge is -2.42. The Balaban J connectivity index is 1.74. The van der Waals surface area contributed by atoms with E-state index in [2.05, 4.69) is 18.1 Å². The molecule has 9 heteroatoms. The van der Waals surface area contributed by atoms with Crippen LogP contribution in [0.4, 0.5) is 5.69 Å².